The summed E-state index contributed by atoms with van der Waals surface area (Å²) in [4.78, 5) is 61.1. The van der Waals surface area contributed by atoms with Crippen molar-refractivity contribution in [3.8, 4) is 0 Å². The summed E-state index contributed by atoms with van der Waals surface area (Å²) in [5.41, 5.74) is 4.31. The molecule has 10 heteroatoms. The van der Waals surface area contributed by atoms with Gasteiger partial charge in [-0.1, -0.05) is 18.9 Å². The van der Waals surface area contributed by atoms with Crippen LogP contribution in [0.1, 0.15) is 35.4 Å². The van der Waals surface area contributed by atoms with E-state index >= 15 is 0 Å². The van der Waals surface area contributed by atoms with E-state index in [1.807, 2.05) is 0 Å². The lowest BCUT2D eigenvalue weighted by molar-refractivity contribution is -0.155. The van der Waals surface area contributed by atoms with Gasteiger partial charge in [0.05, 0.1) is 16.7 Å². The van der Waals surface area contributed by atoms with E-state index in [0.29, 0.717) is 17.7 Å². The Bertz CT molecular complexity index is 739. The van der Waals surface area contributed by atoms with Crippen LogP contribution in [-0.2, 0) is 23.9 Å². The van der Waals surface area contributed by atoms with E-state index < -0.39 is 30.9 Å². The average molecular weight is 393 g/mol. The van der Waals surface area contributed by atoms with E-state index in [9.17, 15) is 24.0 Å². The van der Waals surface area contributed by atoms with Crippen molar-refractivity contribution in [3.63, 3.8) is 0 Å². The van der Waals surface area contributed by atoms with Crippen molar-refractivity contribution in [2.75, 3.05) is 13.2 Å². The van der Waals surface area contributed by atoms with Gasteiger partial charge in [0.15, 0.2) is 6.61 Å². The number of imide groups is 1. The third-order valence-electron chi connectivity index (χ3n) is 4.64. The maximum absolute atomic E-state index is 12.3. The van der Waals surface area contributed by atoms with Gasteiger partial charge in [-0.2, -0.15) is 0 Å². The van der Waals surface area contributed by atoms with Crippen LogP contribution in [0, 0.1) is 11.8 Å². The van der Waals surface area contributed by atoms with Crippen LogP contribution in [0.25, 0.3) is 0 Å². The van der Waals surface area contributed by atoms with E-state index in [-0.39, 0.29) is 23.7 Å². The second-order valence-corrected chi connectivity index (χ2v) is 7.35. The minimum atomic E-state index is -0.852. The van der Waals surface area contributed by atoms with E-state index in [2.05, 4.69) is 10.9 Å². The summed E-state index contributed by atoms with van der Waals surface area (Å²) >= 11 is 1.21. The zero-order chi connectivity index (χ0) is 19.4. The Morgan fingerprint density at radius 1 is 1.11 bits per heavy atom. The maximum Gasteiger partial charge on any atom is 0.326 e. The van der Waals surface area contributed by atoms with E-state index in [4.69, 9.17) is 4.74 Å². The van der Waals surface area contributed by atoms with Crippen molar-refractivity contribution >= 4 is 40.9 Å². The molecule has 0 radical (unpaired) electrons. The molecule has 2 fully saturated rings. The molecule has 1 saturated carbocycles. The number of nitrogens with one attached hydrogen (secondary N) is 2. The molecule has 2 atom stereocenters. The number of nitrogens with zero attached hydrogens (tertiary/aromatic N) is 1. The summed E-state index contributed by atoms with van der Waals surface area (Å²) in [5, 5.41) is 1.72. The van der Waals surface area contributed by atoms with Gasteiger partial charge in [-0.05, 0) is 24.3 Å². The molecular formula is C17H19N3O6S. The lowest BCUT2D eigenvalue weighted by Gasteiger charge is -2.19. The van der Waals surface area contributed by atoms with Crippen molar-refractivity contribution in [2.24, 2.45) is 11.8 Å². The molecule has 1 aromatic heterocycles. The van der Waals surface area contributed by atoms with E-state index in [1.165, 1.54) is 11.3 Å². The molecular weight excluding hydrogens is 374 g/mol. The number of fused-ring (bicyclic) bond motifs is 1. The fourth-order valence-corrected chi connectivity index (χ4v) is 3.96. The number of hydrogen-bond donors (Lipinski definition) is 2. The fourth-order valence-electron chi connectivity index (χ4n) is 3.34. The first-order chi connectivity index (χ1) is 13.0. The highest BCUT2D eigenvalue weighted by Gasteiger charge is 2.48. The largest absolute Gasteiger partial charge is 0.454 e. The molecule has 2 aliphatic rings. The summed E-state index contributed by atoms with van der Waals surface area (Å²) in [6.45, 7) is -1.13. The SMILES string of the molecule is O=C(COC(=O)CN1C(=O)[C@H]2CCCC[C@H]2C1=O)NNC(=O)c1cccs1. The van der Waals surface area contributed by atoms with Gasteiger partial charge < -0.3 is 4.74 Å². The molecule has 1 aromatic rings. The molecule has 0 aromatic carbocycles. The van der Waals surface area contributed by atoms with Crippen molar-refractivity contribution < 1.29 is 28.7 Å². The van der Waals surface area contributed by atoms with Crippen LogP contribution in [0.3, 0.4) is 0 Å². The Morgan fingerprint density at radius 2 is 1.78 bits per heavy atom. The maximum atomic E-state index is 12.3. The molecule has 0 unspecified atom stereocenters. The summed E-state index contributed by atoms with van der Waals surface area (Å²) in [6.07, 6.45) is 3.12. The first-order valence-corrected chi connectivity index (χ1v) is 9.49. The Kier molecular flexibility index (Phi) is 5.84. The minimum absolute atomic E-state index is 0.338. The third-order valence-corrected chi connectivity index (χ3v) is 5.51. The van der Waals surface area contributed by atoms with Crippen LogP contribution in [0.15, 0.2) is 17.5 Å². The lowest BCUT2D eigenvalue weighted by atomic mass is 9.81. The number of thiophene rings is 1. The fraction of sp³-hybridized carbons (Fsp3) is 0.471. The van der Waals surface area contributed by atoms with Crippen LogP contribution in [0.2, 0.25) is 0 Å². The Balaban J connectivity index is 1.41. The molecule has 144 valence electrons. The lowest BCUT2D eigenvalue weighted by Crippen LogP contribution is -2.44. The molecule has 4 amide bonds. The zero-order valence-corrected chi connectivity index (χ0v) is 15.3. The van der Waals surface area contributed by atoms with Gasteiger partial charge in [-0.3, -0.25) is 39.7 Å². The number of amides is 4. The quantitative estimate of drug-likeness (QED) is 0.419. The summed E-state index contributed by atoms with van der Waals surface area (Å²) in [7, 11) is 0. The predicted molar refractivity (Wildman–Crippen MR) is 93.1 cm³/mol. The van der Waals surface area contributed by atoms with Crippen molar-refractivity contribution in [1.29, 1.82) is 0 Å². The van der Waals surface area contributed by atoms with Gasteiger partial charge in [0.1, 0.15) is 6.54 Å². The molecule has 0 spiro atoms. The van der Waals surface area contributed by atoms with Gasteiger partial charge in [-0.15, -0.1) is 11.3 Å². The first kappa shape index (κ1) is 19.0. The van der Waals surface area contributed by atoms with Gasteiger partial charge >= 0.3 is 5.97 Å². The Labute approximate surface area is 159 Å². The summed E-state index contributed by atoms with van der Waals surface area (Å²) in [5.74, 6) is -3.43. The first-order valence-electron chi connectivity index (χ1n) is 8.61. The zero-order valence-electron chi connectivity index (χ0n) is 14.4. The van der Waals surface area contributed by atoms with E-state index in [1.54, 1.807) is 17.5 Å². The number of carbonyl (C=O) groups is 5. The van der Waals surface area contributed by atoms with Crippen molar-refractivity contribution in [1.82, 2.24) is 15.8 Å². The molecule has 2 N–H and O–H groups in total. The van der Waals surface area contributed by atoms with Gasteiger partial charge in [0.25, 0.3) is 11.8 Å². The monoisotopic (exact) mass is 393 g/mol. The highest BCUT2D eigenvalue weighted by atomic mass is 32.1. The highest BCUT2D eigenvalue weighted by molar-refractivity contribution is 7.12. The number of rotatable bonds is 5. The van der Waals surface area contributed by atoms with Crippen molar-refractivity contribution in [2.45, 2.75) is 25.7 Å². The average Bonchev–Trinajstić information content (AvgIpc) is 3.29. The number of hydrazine groups is 1. The normalized spacial score (nSPS) is 21.6. The standard InChI is InChI=1S/C17H19N3O6S/c21-13(18-19-15(23)12-6-3-7-27-12)9-26-14(22)8-20-16(24)10-4-1-2-5-11(10)17(20)25/h3,6-7,10-11H,1-2,4-5,8-9H2,(H,18,21)(H,19,23)/t10-,11+. The van der Waals surface area contributed by atoms with Gasteiger partial charge in [0, 0.05) is 0 Å². The van der Waals surface area contributed by atoms with E-state index in [0.717, 1.165) is 17.7 Å². The van der Waals surface area contributed by atoms with Crippen LogP contribution < -0.4 is 10.9 Å². The van der Waals surface area contributed by atoms with Gasteiger partial charge in [-0.25, -0.2) is 0 Å². The number of likely N-dealkylation sites (tertiary alicyclic amines) is 1. The Hall–Kier alpha value is -2.75. The number of esters is 1. The van der Waals surface area contributed by atoms with Crippen molar-refractivity contribution in [3.05, 3.63) is 22.4 Å². The van der Waals surface area contributed by atoms with Crippen LogP contribution in [0.4, 0.5) is 0 Å². The molecule has 1 aliphatic carbocycles. The molecule has 27 heavy (non-hydrogen) atoms. The third kappa shape index (κ3) is 4.33. The molecule has 2 heterocycles. The number of carbonyl (C=O) groups excluding carboxylic acids is 5. The van der Waals surface area contributed by atoms with Crippen LogP contribution in [0.5, 0.6) is 0 Å². The highest BCUT2D eigenvalue weighted by Crippen LogP contribution is 2.37. The molecule has 1 saturated heterocycles. The molecule has 3 rings (SSSR count). The van der Waals surface area contributed by atoms with Gasteiger partial charge in [0.2, 0.25) is 11.8 Å². The topological polar surface area (TPSA) is 122 Å². The smallest absolute Gasteiger partial charge is 0.326 e. The molecule has 0 bridgehead atoms. The Morgan fingerprint density at radius 3 is 2.37 bits per heavy atom. The van der Waals surface area contributed by atoms with Crippen LogP contribution >= 0.6 is 11.3 Å². The minimum Gasteiger partial charge on any atom is -0.454 e. The number of hydrogen-bond acceptors (Lipinski definition) is 7. The second kappa shape index (κ2) is 8.30. The molecule has 9 nitrogen and oxygen atoms in total. The molecule has 1 aliphatic heterocycles. The number of ether oxygens (including phenoxy) is 1. The summed E-state index contributed by atoms with van der Waals surface area (Å²) in [6, 6.07) is 3.29. The van der Waals surface area contributed by atoms with Crippen LogP contribution in [-0.4, -0.2) is 47.6 Å². The summed E-state index contributed by atoms with van der Waals surface area (Å²) < 4.78 is 4.79. The second-order valence-electron chi connectivity index (χ2n) is 6.40. The predicted octanol–water partition coefficient (Wildman–Crippen LogP) is 0.228.